The van der Waals surface area contributed by atoms with Crippen molar-refractivity contribution in [3.05, 3.63) is 30.0 Å². The van der Waals surface area contributed by atoms with Crippen LogP contribution in [-0.2, 0) is 26.3 Å². The van der Waals surface area contributed by atoms with Crippen molar-refractivity contribution in [1.29, 1.82) is 0 Å². The third kappa shape index (κ3) is 4.04. The summed E-state index contributed by atoms with van der Waals surface area (Å²) in [5, 5.41) is 0.320. The molecule has 30 heavy (non-hydrogen) atoms. The van der Waals surface area contributed by atoms with E-state index in [2.05, 4.69) is 4.18 Å². The van der Waals surface area contributed by atoms with Crippen molar-refractivity contribution < 1.29 is 40.2 Å². The fraction of sp³-hybridized carbons (Fsp3) is 0.389. The molecule has 1 atom stereocenters. The first-order valence-electron chi connectivity index (χ1n) is 8.84. The van der Waals surface area contributed by atoms with Crippen LogP contribution in [0.15, 0.2) is 24.4 Å². The summed E-state index contributed by atoms with van der Waals surface area (Å²) in [5.41, 5.74) is -5.26. The van der Waals surface area contributed by atoms with Gasteiger partial charge in [0.15, 0.2) is 5.78 Å². The van der Waals surface area contributed by atoms with E-state index in [0.717, 1.165) is 12.1 Å². The molecule has 1 fully saturated rings. The number of benzene rings is 1. The predicted octanol–water partition coefficient (Wildman–Crippen LogP) is 2.26. The maximum Gasteiger partial charge on any atom is 0.534 e. The minimum Gasteiger partial charge on any atom is -0.376 e. The molecule has 0 N–H and O–H groups in total. The first kappa shape index (κ1) is 21.8. The van der Waals surface area contributed by atoms with Crippen LogP contribution < -0.4 is 4.18 Å². The third-order valence-corrected chi connectivity index (χ3v) is 5.78. The van der Waals surface area contributed by atoms with Gasteiger partial charge in [0.1, 0.15) is 18.6 Å². The number of hydrogen-bond acceptors (Lipinski definition) is 6. The first-order valence-corrected chi connectivity index (χ1v) is 10.2. The molecule has 2 heterocycles. The van der Waals surface area contributed by atoms with E-state index in [9.17, 15) is 36.0 Å². The number of hydrogen-bond donors (Lipinski definition) is 0. The van der Waals surface area contributed by atoms with E-state index in [-0.39, 0.29) is 23.4 Å². The number of carbonyl (C=O) groups is 3. The summed E-state index contributed by atoms with van der Waals surface area (Å²) in [5.74, 6) is -1.38. The van der Waals surface area contributed by atoms with Crippen molar-refractivity contribution in [2.24, 2.45) is 0 Å². The number of amides is 1. The molecule has 8 nitrogen and oxygen atoms in total. The van der Waals surface area contributed by atoms with Gasteiger partial charge in [-0.05, 0) is 31.9 Å². The van der Waals surface area contributed by atoms with Gasteiger partial charge in [-0.3, -0.25) is 9.59 Å². The summed E-state index contributed by atoms with van der Waals surface area (Å²) < 4.78 is 65.8. The molecular formula is C18H17F3N2O6S. The molecular weight excluding hydrogens is 429 g/mol. The fourth-order valence-electron chi connectivity index (χ4n) is 3.39. The average molecular weight is 446 g/mol. The van der Waals surface area contributed by atoms with Crippen LogP contribution in [0.25, 0.3) is 10.9 Å². The van der Waals surface area contributed by atoms with E-state index >= 15 is 0 Å². The Balaban J connectivity index is 2.00. The number of carbonyl (C=O) groups excluding carboxylic acids is 3. The minimum absolute atomic E-state index is 0.144. The van der Waals surface area contributed by atoms with Gasteiger partial charge in [0.05, 0.1) is 11.6 Å². The number of alkyl halides is 3. The molecule has 12 heteroatoms. The molecule has 0 spiro atoms. The molecule has 0 aliphatic carbocycles. The van der Waals surface area contributed by atoms with Gasteiger partial charge >= 0.3 is 15.6 Å². The summed E-state index contributed by atoms with van der Waals surface area (Å²) in [6, 6.07) is 2.70. The molecule has 1 aliphatic rings. The molecule has 162 valence electrons. The van der Waals surface area contributed by atoms with Gasteiger partial charge in [0.25, 0.3) is 0 Å². The van der Waals surface area contributed by atoms with Gasteiger partial charge in [-0.25, -0.2) is 0 Å². The Kier molecular flexibility index (Phi) is 5.63. The number of nitrogens with zero attached hydrogens (tertiary/aromatic N) is 2. The number of likely N-dealkylation sites (tertiary alicyclic amines) is 1. The van der Waals surface area contributed by atoms with Crippen LogP contribution in [0.1, 0.15) is 30.1 Å². The molecule has 1 amide bonds. The van der Waals surface area contributed by atoms with E-state index in [1.807, 2.05) is 0 Å². The van der Waals surface area contributed by atoms with Crippen LogP contribution in [-0.4, -0.2) is 54.0 Å². The van der Waals surface area contributed by atoms with Gasteiger partial charge in [0.2, 0.25) is 5.91 Å². The van der Waals surface area contributed by atoms with E-state index in [1.165, 1.54) is 28.7 Å². The van der Waals surface area contributed by atoms with Gasteiger partial charge in [-0.15, -0.1) is 0 Å². The van der Waals surface area contributed by atoms with Crippen LogP contribution >= 0.6 is 0 Å². The average Bonchev–Trinajstić information content (AvgIpc) is 3.25. The maximum absolute atomic E-state index is 12.6. The second kappa shape index (κ2) is 7.74. The van der Waals surface area contributed by atoms with Crippen molar-refractivity contribution in [3.63, 3.8) is 0 Å². The Morgan fingerprint density at radius 1 is 1.30 bits per heavy atom. The zero-order valence-electron chi connectivity index (χ0n) is 15.7. The summed E-state index contributed by atoms with van der Waals surface area (Å²) in [6.07, 6.45) is 3.23. The van der Waals surface area contributed by atoms with Crippen molar-refractivity contribution in [1.82, 2.24) is 9.47 Å². The monoisotopic (exact) mass is 446 g/mol. The highest BCUT2D eigenvalue weighted by molar-refractivity contribution is 7.88. The SMILES string of the molecule is CC(=O)c1cn(CC(=O)N2CCC[C@H]2C=O)c2cc(OS(=O)(=O)C(F)(F)F)ccc12. The Bertz CT molecular complexity index is 1120. The summed E-state index contributed by atoms with van der Waals surface area (Å²) in [6.45, 7) is 1.38. The zero-order valence-corrected chi connectivity index (χ0v) is 16.5. The van der Waals surface area contributed by atoms with E-state index in [0.29, 0.717) is 31.1 Å². The molecule has 1 saturated heterocycles. The fourth-order valence-corrected chi connectivity index (χ4v) is 3.84. The highest BCUT2D eigenvalue weighted by atomic mass is 32.2. The van der Waals surface area contributed by atoms with E-state index in [1.54, 1.807) is 0 Å². The normalized spacial score (nSPS) is 17.3. The largest absolute Gasteiger partial charge is 0.534 e. The van der Waals surface area contributed by atoms with Crippen LogP contribution in [0.5, 0.6) is 5.75 Å². The zero-order chi connectivity index (χ0) is 22.3. The third-order valence-electron chi connectivity index (χ3n) is 4.80. The topological polar surface area (TPSA) is 103 Å². The highest BCUT2D eigenvalue weighted by Crippen LogP contribution is 2.31. The van der Waals surface area contributed by atoms with Crippen molar-refractivity contribution in [3.8, 4) is 5.75 Å². The van der Waals surface area contributed by atoms with Crippen LogP contribution in [0.4, 0.5) is 13.2 Å². The molecule has 2 aromatic rings. The van der Waals surface area contributed by atoms with Crippen molar-refractivity contribution in [2.75, 3.05) is 6.54 Å². The smallest absolute Gasteiger partial charge is 0.376 e. The number of aldehydes is 1. The Labute approximate surface area is 169 Å². The number of aromatic nitrogens is 1. The van der Waals surface area contributed by atoms with Gasteiger partial charge in [0, 0.05) is 29.8 Å². The number of Topliss-reactive ketones (excluding diaryl/α,β-unsaturated/α-hetero) is 1. The van der Waals surface area contributed by atoms with Crippen molar-refractivity contribution in [2.45, 2.75) is 37.9 Å². The number of fused-ring (bicyclic) bond motifs is 1. The minimum atomic E-state index is -5.88. The molecule has 0 saturated carbocycles. The molecule has 1 aliphatic heterocycles. The van der Waals surface area contributed by atoms with Gasteiger partial charge in [-0.2, -0.15) is 21.6 Å². The van der Waals surface area contributed by atoms with E-state index in [4.69, 9.17) is 0 Å². The second-order valence-corrected chi connectivity index (χ2v) is 8.36. The van der Waals surface area contributed by atoms with Gasteiger partial charge < -0.3 is 18.4 Å². The molecule has 1 aromatic carbocycles. The number of rotatable bonds is 6. The Morgan fingerprint density at radius 3 is 2.60 bits per heavy atom. The standard InChI is InChI=1S/C18H17F3N2O6S/c1-11(25)15-8-22(9-17(26)23-6-2-3-12(23)10-24)16-7-13(4-5-14(15)16)29-30(27,28)18(19,20)21/h4-5,7-8,10,12H,2-3,6,9H2,1H3/t12-/m0/s1. The Hall–Kier alpha value is -2.89. The molecule has 3 rings (SSSR count). The summed E-state index contributed by atoms with van der Waals surface area (Å²) in [4.78, 5) is 37.1. The molecule has 0 unspecified atom stereocenters. The molecule has 0 bridgehead atoms. The molecule has 0 radical (unpaired) electrons. The summed E-state index contributed by atoms with van der Waals surface area (Å²) in [7, 11) is -5.88. The highest BCUT2D eigenvalue weighted by Gasteiger charge is 2.48. The van der Waals surface area contributed by atoms with Crippen LogP contribution in [0.2, 0.25) is 0 Å². The second-order valence-electron chi connectivity index (χ2n) is 6.82. The quantitative estimate of drug-likeness (QED) is 0.292. The van der Waals surface area contributed by atoms with Crippen molar-refractivity contribution >= 4 is 39.0 Å². The van der Waals surface area contributed by atoms with Crippen LogP contribution in [0, 0.1) is 0 Å². The lowest BCUT2D eigenvalue weighted by Crippen LogP contribution is -2.38. The molecule has 1 aromatic heterocycles. The lowest BCUT2D eigenvalue weighted by molar-refractivity contribution is -0.135. The van der Waals surface area contributed by atoms with Gasteiger partial charge in [-0.1, -0.05) is 0 Å². The predicted molar refractivity (Wildman–Crippen MR) is 98.3 cm³/mol. The Morgan fingerprint density at radius 2 is 2.00 bits per heavy atom. The first-order chi connectivity index (χ1) is 13.9. The maximum atomic E-state index is 12.6. The van der Waals surface area contributed by atoms with E-state index < -0.39 is 33.3 Å². The number of halogens is 3. The van der Waals surface area contributed by atoms with Crippen LogP contribution in [0.3, 0.4) is 0 Å². The lowest BCUT2D eigenvalue weighted by atomic mass is 10.1. The summed E-state index contributed by atoms with van der Waals surface area (Å²) >= 11 is 0. The number of ketones is 1. The lowest BCUT2D eigenvalue weighted by Gasteiger charge is -2.21.